The Morgan fingerprint density at radius 1 is 1.43 bits per heavy atom. The Hall–Kier alpha value is -1.62. The first kappa shape index (κ1) is 12.4. The maximum absolute atomic E-state index is 12.6. The number of hydrogen-bond donors (Lipinski definition) is 3. The van der Waals surface area contributed by atoms with Crippen LogP contribution in [-0.4, -0.2) is 16.3 Å². The number of halogens is 1. The maximum Gasteiger partial charge on any atom is 0.335 e. The Labute approximate surface area is 81.0 Å². The molecule has 4 nitrogen and oxygen atoms in total. The first-order valence-electron chi connectivity index (χ1n) is 4.08. The third-order valence-electron chi connectivity index (χ3n) is 1.33. The third-order valence-corrected chi connectivity index (χ3v) is 1.33. The summed E-state index contributed by atoms with van der Waals surface area (Å²) in [6.45, 7) is 4.00. The number of benzene rings is 1. The van der Waals surface area contributed by atoms with Crippen molar-refractivity contribution in [2.24, 2.45) is 0 Å². The van der Waals surface area contributed by atoms with Gasteiger partial charge in [-0.2, -0.15) is 0 Å². The van der Waals surface area contributed by atoms with Crippen LogP contribution in [0.3, 0.4) is 0 Å². The molecule has 14 heavy (non-hydrogen) atoms. The van der Waals surface area contributed by atoms with Crippen LogP contribution in [0.4, 0.5) is 10.1 Å². The Morgan fingerprint density at radius 2 is 2.00 bits per heavy atom. The molecule has 0 aliphatic heterocycles. The van der Waals surface area contributed by atoms with E-state index in [-0.39, 0.29) is 11.3 Å². The predicted octanol–water partition coefficient (Wildman–Crippen LogP) is 2.35. The van der Waals surface area contributed by atoms with E-state index in [0.29, 0.717) is 0 Å². The van der Waals surface area contributed by atoms with Crippen LogP contribution in [0.1, 0.15) is 24.2 Å². The van der Waals surface area contributed by atoms with E-state index in [1.54, 1.807) is 5.48 Å². The largest absolute Gasteiger partial charge is 0.478 e. The van der Waals surface area contributed by atoms with Crippen LogP contribution in [0.5, 0.6) is 0 Å². The molecule has 0 aliphatic rings. The monoisotopic (exact) mass is 201 g/mol. The van der Waals surface area contributed by atoms with Crippen LogP contribution in [0.2, 0.25) is 0 Å². The Kier molecular flexibility index (Phi) is 5.24. The number of carboxylic acids is 1. The summed E-state index contributed by atoms with van der Waals surface area (Å²) in [5.41, 5.74) is 1.21. The normalized spacial score (nSPS) is 8.57. The second kappa shape index (κ2) is 5.93. The first-order chi connectivity index (χ1) is 6.65. The SMILES string of the molecule is CC.O=C(O)c1ccc(F)c(NO)c1. The van der Waals surface area contributed by atoms with Crippen molar-refractivity contribution < 1.29 is 19.5 Å². The molecule has 0 bridgehead atoms. The predicted molar refractivity (Wildman–Crippen MR) is 50.1 cm³/mol. The number of carboxylic acid groups (broad SMARTS) is 1. The summed E-state index contributed by atoms with van der Waals surface area (Å²) in [5.74, 6) is -1.88. The van der Waals surface area contributed by atoms with Gasteiger partial charge in [0.05, 0.1) is 11.3 Å². The molecule has 0 fully saturated rings. The topological polar surface area (TPSA) is 69.6 Å². The van der Waals surface area contributed by atoms with Crippen molar-refractivity contribution >= 4 is 11.7 Å². The second-order valence-electron chi connectivity index (χ2n) is 2.11. The van der Waals surface area contributed by atoms with E-state index in [0.717, 1.165) is 18.2 Å². The summed E-state index contributed by atoms with van der Waals surface area (Å²) in [4.78, 5) is 10.3. The molecule has 0 saturated heterocycles. The molecule has 1 rings (SSSR count). The molecular formula is C9H12FNO3. The zero-order chi connectivity index (χ0) is 11.1. The van der Waals surface area contributed by atoms with E-state index in [2.05, 4.69) is 0 Å². The summed E-state index contributed by atoms with van der Waals surface area (Å²) in [7, 11) is 0. The molecule has 0 spiro atoms. The maximum atomic E-state index is 12.6. The van der Waals surface area contributed by atoms with Crippen molar-refractivity contribution in [3.63, 3.8) is 0 Å². The van der Waals surface area contributed by atoms with E-state index in [1.807, 2.05) is 13.8 Å². The van der Waals surface area contributed by atoms with E-state index < -0.39 is 11.8 Å². The summed E-state index contributed by atoms with van der Waals surface area (Å²) in [6.07, 6.45) is 0. The number of carbonyl (C=O) groups is 1. The van der Waals surface area contributed by atoms with Gasteiger partial charge in [-0.3, -0.25) is 10.7 Å². The molecular weight excluding hydrogens is 189 g/mol. The van der Waals surface area contributed by atoms with Crippen molar-refractivity contribution in [3.05, 3.63) is 29.6 Å². The highest BCUT2D eigenvalue weighted by Crippen LogP contribution is 2.14. The number of nitrogens with one attached hydrogen (secondary N) is 1. The molecule has 0 amide bonds. The molecule has 0 saturated carbocycles. The van der Waals surface area contributed by atoms with Gasteiger partial charge in [0.1, 0.15) is 5.82 Å². The van der Waals surface area contributed by atoms with Crippen LogP contribution in [0.25, 0.3) is 0 Å². The van der Waals surface area contributed by atoms with Gasteiger partial charge in [0.15, 0.2) is 0 Å². The van der Waals surface area contributed by atoms with Gasteiger partial charge in [0.25, 0.3) is 0 Å². The van der Waals surface area contributed by atoms with Crippen molar-refractivity contribution in [2.45, 2.75) is 13.8 Å². The van der Waals surface area contributed by atoms with Gasteiger partial charge in [-0.15, -0.1) is 0 Å². The number of aromatic carboxylic acids is 1. The van der Waals surface area contributed by atoms with Crippen molar-refractivity contribution in [3.8, 4) is 0 Å². The van der Waals surface area contributed by atoms with Crippen molar-refractivity contribution in [1.82, 2.24) is 0 Å². The van der Waals surface area contributed by atoms with Crippen molar-refractivity contribution in [1.29, 1.82) is 0 Å². The molecule has 0 atom stereocenters. The van der Waals surface area contributed by atoms with Crippen LogP contribution < -0.4 is 5.48 Å². The van der Waals surface area contributed by atoms with Gasteiger partial charge in [0, 0.05) is 0 Å². The fourth-order valence-electron chi connectivity index (χ4n) is 0.744. The van der Waals surface area contributed by atoms with Gasteiger partial charge in [-0.25, -0.2) is 9.18 Å². The molecule has 1 aromatic rings. The van der Waals surface area contributed by atoms with Crippen molar-refractivity contribution in [2.75, 3.05) is 5.48 Å². The second-order valence-corrected chi connectivity index (χ2v) is 2.11. The Morgan fingerprint density at radius 3 is 2.43 bits per heavy atom. The lowest BCUT2D eigenvalue weighted by molar-refractivity contribution is 0.0697. The Balaban J connectivity index is 0.000000791. The lowest BCUT2D eigenvalue weighted by Crippen LogP contribution is -2.00. The van der Waals surface area contributed by atoms with E-state index in [1.165, 1.54) is 0 Å². The number of hydrogen-bond acceptors (Lipinski definition) is 3. The molecule has 3 N–H and O–H groups in total. The zero-order valence-electron chi connectivity index (χ0n) is 7.91. The lowest BCUT2D eigenvalue weighted by atomic mass is 10.2. The highest BCUT2D eigenvalue weighted by atomic mass is 19.1. The average molecular weight is 201 g/mol. The lowest BCUT2D eigenvalue weighted by Gasteiger charge is -2.01. The fourth-order valence-corrected chi connectivity index (χ4v) is 0.744. The molecule has 0 radical (unpaired) electrons. The molecule has 0 aliphatic carbocycles. The summed E-state index contributed by atoms with van der Waals surface area (Å²) in [5, 5.41) is 16.8. The van der Waals surface area contributed by atoms with Gasteiger partial charge < -0.3 is 5.11 Å². The highest BCUT2D eigenvalue weighted by molar-refractivity contribution is 5.88. The fraction of sp³-hybridized carbons (Fsp3) is 0.222. The third kappa shape index (κ3) is 3.02. The number of rotatable bonds is 2. The van der Waals surface area contributed by atoms with E-state index in [4.69, 9.17) is 10.3 Å². The van der Waals surface area contributed by atoms with E-state index >= 15 is 0 Å². The average Bonchev–Trinajstić information content (AvgIpc) is 2.21. The quantitative estimate of drug-likeness (QED) is 0.642. The molecule has 0 aromatic heterocycles. The standard InChI is InChI=1S/C7H6FNO3.C2H6/c8-5-2-1-4(7(10)11)3-6(5)9-12;1-2/h1-3,9,12H,(H,10,11);1-2H3. The molecule has 78 valence electrons. The zero-order valence-corrected chi connectivity index (χ0v) is 7.91. The summed E-state index contributed by atoms with van der Waals surface area (Å²) in [6, 6.07) is 3.07. The molecule has 0 unspecified atom stereocenters. The minimum absolute atomic E-state index is 0.0899. The first-order valence-corrected chi connectivity index (χ1v) is 4.08. The van der Waals surface area contributed by atoms with Gasteiger partial charge in [-0.1, -0.05) is 13.8 Å². The van der Waals surface area contributed by atoms with Gasteiger partial charge in [0.2, 0.25) is 0 Å². The Bertz CT molecular complexity index is 315. The summed E-state index contributed by atoms with van der Waals surface area (Å²) < 4.78 is 12.6. The van der Waals surface area contributed by atoms with Gasteiger partial charge in [-0.05, 0) is 18.2 Å². The molecule has 0 heterocycles. The van der Waals surface area contributed by atoms with E-state index in [9.17, 15) is 9.18 Å². The number of anilines is 1. The minimum atomic E-state index is -1.17. The minimum Gasteiger partial charge on any atom is -0.478 e. The summed E-state index contributed by atoms with van der Waals surface area (Å²) >= 11 is 0. The molecule has 1 aromatic carbocycles. The molecule has 5 heteroatoms. The van der Waals surface area contributed by atoms with Gasteiger partial charge >= 0.3 is 5.97 Å². The smallest absolute Gasteiger partial charge is 0.335 e. The van der Waals surface area contributed by atoms with Crippen LogP contribution in [0.15, 0.2) is 18.2 Å². The highest BCUT2D eigenvalue weighted by Gasteiger charge is 2.06. The van der Waals surface area contributed by atoms with Crippen LogP contribution in [0, 0.1) is 5.82 Å². The van der Waals surface area contributed by atoms with Crippen LogP contribution >= 0.6 is 0 Å². The van der Waals surface area contributed by atoms with Crippen LogP contribution in [-0.2, 0) is 0 Å².